The Morgan fingerprint density at radius 2 is 1.60 bits per heavy atom. The minimum absolute atomic E-state index is 0.0148. The normalized spacial score (nSPS) is 12.1. The first-order chi connectivity index (χ1) is 16.5. The monoisotopic (exact) mass is 495 g/mol. The molecule has 0 unspecified atom stereocenters. The number of hydrogen-bond acceptors (Lipinski definition) is 6. The second-order valence-corrected chi connectivity index (χ2v) is 10.2. The summed E-state index contributed by atoms with van der Waals surface area (Å²) in [4.78, 5) is 33.6. The number of aromatic nitrogens is 2. The first kappa shape index (κ1) is 25.8. The zero-order valence-electron chi connectivity index (χ0n) is 20.1. The second-order valence-electron chi connectivity index (χ2n) is 8.51. The van der Waals surface area contributed by atoms with E-state index in [1.165, 1.54) is 30.3 Å². The maximum Gasteiger partial charge on any atom is 0.263 e. The minimum Gasteiger partial charge on any atom is -0.344 e. The molecule has 184 valence electrons. The third kappa shape index (κ3) is 7.35. The number of amides is 2. The zero-order valence-corrected chi connectivity index (χ0v) is 20.9. The highest BCUT2D eigenvalue weighted by atomic mass is 32.2. The van der Waals surface area contributed by atoms with Crippen molar-refractivity contribution in [3.8, 4) is 0 Å². The van der Waals surface area contributed by atoms with Gasteiger partial charge in [0.15, 0.2) is 0 Å². The van der Waals surface area contributed by atoms with E-state index in [0.717, 1.165) is 5.56 Å². The van der Waals surface area contributed by atoms with Gasteiger partial charge >= 0.3 is 0 Å². The number of hydrogen-bond donors (Lipinski definition) is 3. The molecule has 1 heterocycles. The van der Waals surface area contributed by atoms with Crippen molar-refractivity contribution < 1.29 is 18.0 Å². The van der Waals surface area contributed by atoms with Gasteiger partial charge in [0.1, 0.15) is 17.7 Å². The molecule has 1 atom stereocenters. The molecule has 2 amide bonds. The molecule has 0 fully saturated rings. The van der Waals surface area contributed by atoms with Crippen molar-refractivity contribution in [1.82, 2.24) is 15.3 Å². The highest BCUT2D eigenvalue weighted by Gasteiger charge is 2.24. The first-order valence-electron chi connectivity index (χ1n) is 11.1. The number of carbonyl (C=O) groups is 2. The van der Waals surface area contributed by atoms with Crippen LogP contribution in [-0.4, -0.2) is 36.2 Å². The fourth-order valence-electron chi connectivity index (χ4n) is 3.44. The van der Waals surface area contributed by atoms with E-state index in [-0.39, 0.29) is 34.9 Å². The molecule has 0 aliphatic heterocycles. The van der Waals surface area contributed by atoms with Crippen LogP contribution in [-0.2, 0) is 26.0 Å². The standard InChI is InChI=1S/C25H29N5O4S/c1-16(2)24(29-23(31)15-19-8-6-5-7-9-19)25(32)28-20-10-12-21(13-11-20)35(33,34)30-22-14-17(3)26-18(4)27-22/h5-14,16,24H,15H2,1-4H3,(H,28,32)(H,29,31)(H,26,27,30)/t24-/m0/s1. The van der Waals surface area contributed by atoms with E-state index in [1.54, 1.807) is 13.8 Å². The Morgan fingerprint density at radius 1 is 0.943 bits per heavy atom. The number of sulfonamides is 1. The molecule has 0 saturated heterocycles. The maximum atomic E-state index is 12.9. The number of nitrogens with zero attached hydrogens (tertiary/aromatic N) is 2. The van der Waals surface area contributed by atoms with Gasteiger partial charge in [-0.15, -0.1) is 0 Å². The summed E-state index contributed by atoms with van der Waals surface area (Å²) >= 11 is 0. The summed E-state index contributed by atoms with van der Waals surface area (Å²) in [6.07, 6.45) is 0.169. The van der Waals surface area contributed by atoms with Crippen LogP contribution >= 0.6 is 0 Å². The fourth-order valence-corrected chi connectivity index (χ4v) is 4.44. The van der Waals surface area contributed by atoms with Crippen LogP contribution in [0.15, 0.2) is 65.6 Å². The predicted molar refractivity (Wildman–Crippen MR) is 134 cm³/mol. The molecule has 10 heteroatoms. The third-order valence-electron chi connectivity index (χ3n) is 5.11. The summed E-state index contributed by atoms with van der Waals surface area (Å²) in [5.41, 5.74) is 1.90. The highest BCUT2D eigenvalue weighted by molar-refractivity contribution is 7.92. The lowest BCUT2D eigenvalue weighted by Gasteiger charge is -2.22. The topological polar surface area (TPSA) is 130 Å². The molecule has 3 N–H and O–H groups in total. The zero-order chi connectivity index (χ0) is 25.6. The Morgan fingerprint density at radius 3 is 2.20 bits per heavy atom. The third-order valence-corrected chi connectivity index (χ3v) is 6.48. The first-order valence-corrected chi connectivity index (χ1v) is 12.6. The molecule has 35 heavy (non-hydrogen) atoms. The smallest absolute Gasteiger partial charge is 0.263 e. The van der Waals surface area contributed by atoms with E-state index in [9.17, 15) is 18.0 Å². The summed E-state index contributed by atoms with van der Waals surface area (Å²) in [7, 11) is -3.88. The van der Waals surface area contributed by atoms with Gasteiger partial charge in [-0.2, -0.15) is 0 Å². The van der Waals surface area contributed by atoms with Crippen LogP contribution in [0.4, 0.5) is 11.5 Å². The molecule has 0 spiro atoms. The summed E-state index contributed by atoms with van der Waals surface area (Å²) in [5, 5.41) is 5.53. The van der Waals surface area contributed by atoms with E-state index in [0.29, 0.717) is 17.2 Å². The predicted octanol–water partition coefficient (Wildman–Crippen LogP) is 3.22. The Bertz CT molecular complexity index is 1270. The van der Waals surface area contributed by atoms with Gasteiger partial charge in [-0.1, -0.05) is 44.2 Å². The van der Waals surface area contributed by atoms with E-state index >= 15 is 0 Å². The van der Waals surface area contributed by atoms with Crippen molar-refractivity contribution in [2.45, 2.75) is 45.1 Å². The Balaban J connectivity index is 1.65. The van der Waals surface area contributed by atoms with Gasteiger partial charge in [-0.3, -0.25) is 14.3 Å². The number of rotatable bonds is 9. The fraction of sp³-hybridized carbons (Fsp3) is 0.280. The molecule has 0 bridgehead atoms. The van der Waals surface area contributed by atoms with Gasteiger partial charge in [-0.25, -0.2) is 18.4 Å². The van der Waals surface area contributed by atoms with Crippen molar-refractivity contribution >= 4 is 33.3 Å². The molecule has 3 rings (SSSR count). The van der Waals surface area contributed by atoms with Crippen LogP contribution in [0.25, 0.3) is 0 Å². The number of anilines is 2. The summed E-state index contributed by atoms with van der Waals surface area (Å²) in [6.45, 7) is 7.10. The molecule has 3 aromatic rings. The minimum atomic E-state index is -3.88. The van der Waals surface area contributed by atoms with Crippen molar-refractivity contribution in [3.05, 3.63) is 77.7 Å². The van der Waals surface area contributed by atoms with Crippen molar-refractivity contribution in [2.24, 2.45) is 5.92 Å². The van der Waals surface area contributed by atoms with Crippen molar-refractivity contribution in [2.75, 3.05) is 10.0 Å². The summed E-state index contributed by atoms with van der Waals surface area (Å²) < 4.78 is 27.9. The molecular weight excluding hydrogens is 466 g/mol. The summed E-state index contributed by atoms with van der Waals surface area (Å²) in [6, 6.07) is 15.8. The lowest BCUT2D eigenvalue weighted by Crippen LogP contribution is -2.47. The van der Waals surface area contributed by atoms with E-state index < -0.39 is 16.1 Å². The van der Waals surface area contributed by atoms with Gasteiger partial charge in [0.05, 0.1) is 11.3 Å². The van der Waals surface area contributed by atoms with Crippen LogP contribution in [0.3, 0.4) is 0 Å². The van der Waals surface area contributed by atoms with Crippen LogP contribution in [0, 0.1) is 19.8 Å². The lowest BCUT2D eigenvalue weighted by atomic mass is 10.0. The van der Waals surface area contributed by atoms with Crippen LogP contribution in [0.5, 0.6) is 0 Å². The van der Waals surface area contributed by atoms with Gasteiger partial charge in [0, 0.05) is 17.4 Å². The highest BCUT2D eigenvalue weighted by Crippen LogP contribution is 2.18. The largest absolute Gasteiger partial charge is 0.344 e. The Labute approximate surface area is 205 Å². The van der Waals surface area contributed by atoms with Crippen molar-refractivity contribution in [1.29, 1.82) is 0 Å². The van der Waals surface area contributed by atoms with Crippen LogP contribution in [0.1, 0.15) is 30.9 Å². The van der Waals surface area contributed by atoms with E-state index in [2.05, 4.69) is 25.3 Å². The lowest BCUT2D eigenvalue weighted by molar-refractivity contribution is -0.127. The molecule has 0 saturated carbocycles. The van der Waals surface area contributed by atoms with Gasteiger partial charge in [0.2, 0.25) is 11.8 Å². The van der Waals surface area contributed by atoms with Crippen LogP contribution in [0.2, 0.25) is 0 Å². The molecule has 2 aromatic carbocycles. The maximum absolute atomic E-state index is 12.9. The molecule has 0 aliphatic rings. The number of aryl methyl sites for hydroxylation is 2. The molecule has 1 aromatic heterocycles. The Hall–Kier alpha value is -3.79. The quantitative estimate of drug-likeness (QED) is 0.418. The average molecular weight is 496 g/mol. The van der Waals surface area contributed by atoms with Gasteiger partial charge in [0.25, 0.3) is 10.0 Å². The number of carbonyl (C=O) groups excluding carboxylic acids is 2. The molecular formula is C25H29N5O4S. The molecule has 0 aliphatic carbocycles. The van der Waals surface area contributed by atoms with Crippen molar-refractivity contribution in [3.63, 3.8) is 0 Å². The average Bonchev–Trinajstić information content (AvgIpc) is 2.77. The summed E-state index contributed by atoms with van der Waals surface area (Å²) in [5.74, 6) is -0.164. The molecule has 9 nitrogen and oxygen atoms in total. The van der Waals surface area contributed by atoms with E-state index in [4.69, 9.17) is 0 Å². The number of benzene rings is 2. The van der Waals surface area contributed by atoms with Gasteiger partial charge in [-0.05, 0) is 49.6 Å². The van der Waals surface area contributed by atoms with Gasteiger partial charge < -0.3 is 10.6 Å². The SMILES string of the molecule is Cc1cc(NS(=O)(=O)c2ccc(NC(=O)[C@@H](NC(=O)Cc3ccccc3)C(C)C)cc2)nc(C)n1. The second kappa shape index (κ2) is 11.1. The Kier molecular flexibility index (Phi) is 8.18. The molecule has 0 radical (unpaired) electrons. The van der Waals surface area contributed by atoms with E-state index in [1.807, 2.05) is 44.2 Å². The number of nitrogens with one attached hydrogen (secondary N) is 3. The van der Waals surface area contributed by atoms with Crippen LogP contribution < -0.4 is 15.4 Å².